The molecule has 2 bridgehead atoms. The smallest absolute Gasteiger partial charge is 0.189 e. The van der Waals surface area contributed by atoms with Crippen molar-refractivity contribution in [2.75, 3.05) is 6.61 Å². The van der Waals surface area contributed by atoms with Crippen LogP contribution in [0.4, 0.5) is 0 Å². The molecule has 0 aromatic rings. The van der Waals surface area contributed by atoms with E-state index in [0.717, 1.165) is 6.42 Å². The highest BCUT2D eigenvalue weighted by molar-refractivity contribution is 5.94. The Morgan fingerprint density at radius 2 is 2.64 bits per heavy atom. The van der Waals surface area contributed by atoms with Crippen molar-refractivity contribution in [2.24, 2.45) is 0 Å². The lowest BCUT2D eigenvalue weighted by atomic mass is 10.1. The van der Waals surface area contributed by atoms with E-state index in [-0.39, 0.29) is 11.9 Å². The van der Waals surface area contributed by atoms with Gasteiger partial charge in [-0.15, -0.1) is 0 Å². The first kappa shape index (κ1) is 7.00. The Hall–Kier alpha value is -0.670. The molecule has 0 aromatic carbocycles. The zero-order valence-corrected chi connectivity index (χ0v) is 6.37. The fourth-order valence-electron chi connectivity index (χ4n) is 1.37. The summed E-state index contributed by atoms with van der Waals surface area (Å²) in [7, 11) is 0. The second-order valence-electron chi connectivity index (χ2n) is 2.82. The Morgan fingerprint density at radius 1 is 1.82 bits per heavy atom. The van der Waals surface area contributed by atoms with Crippen molar-refractivity contribution < 1.29 is 14.3 Å². The molecule has 2 rings (SSSR count). The summed E-state index contributed by atoms with van der Waals surface area (Å²) in [4.78, 5) is 11.0. The molecule has 1 saturated heterocycles. The van der Waals surface area contributed by atoms with Gasteiger partial charge in [-0.25, -0.2) is 0 Å². The van der Waals surface area contributed by atoms with Gasteiger partial charge >= 0.3 is 0 Å². The molecule has 3 nitrogen and oxygen atoms in total. The van der Waals surface area contributed by atoms with Gasteiger partial charge in [0.1, 0.15) is 6.10 Å². The zero-order valence-electron chi connectivity index (χ0n) is 6.37. The second-order valence-corrected chi connectivity index (χ2v) is 2.82. The molecule has 0 N–H and O–H groups in total. The fraction of sp³-hybridized carbons (Fsp3) is 0.625. The van der Waals surface area contributed by atoms with Crippen LogP contribution >= 0.6 is 0 Å². The number of carbonyl (C=O) groups is 1. The van der Waals surface area contributed by atoms with E-state index in [9.17, 15) is 4.79 Å². The van der Waals surface area contributed by atoms with E-state index < -0.39 is 5.79 Å². The molecule has 0 spiro atoms. The molecule has 60 valence electrons. The molecule has 11 heavy (non-hydrogen) atoms. The topological polar surface area (TPSA) is 35.5 Å². The van der Waals surface area contributed by atoms with Crippen molar-refractivity contribution >= 4 is 5.78 Å². The van der Waals surface area contributed by atoms with E-state index in [1.807, 2.05) is 6.92 Å². The van der Waals surface area contributed by atoms with Gasteiger partial charge in [-0.1, -0.05) is 6.92 Å². The maximum Gasteiger partial charge on any atom is 0.189 e. The van der Waals surface area contributed by atoms with Gasteiger partial charge in [0.25, 0.3) is 0 Å². The van der Waals surface area contributed by atoms with Crippen molar-refractivity contribution in [3.05, 3.63) is 12.2 Å². The monoisotopic (exact) mass is 154 g/mol. The van der Waals surface area contributed by atoms with Crippen LogP contribution < -0.4 is 0 Å². The van der Waals surface area contributed by atoms with Crippen LogP contribution in [-0.4, -0.2) is 24.3 Å². The molecule has 1 fully saturated rings. The summed E-state index contributed by atoms with van der Waals surface area (Å²) in [6, 6.07) is 0. The van der Waals surface area contributed by atoms with Crippen LogP contribution in [-0.2, 0) is 14.3 Å². The SMILES string of the molecule is CC[C@@]12C=CC(=O)[C@@H](CO1)O2. The summed E-state index contributed by atoms with van der Waals surface area (Å²) in [5.41, 5.74) is 0. The average Bonchev–Trinajstić information content (AvgIpc) is 2.40. The van der Waals surface area contributed by atoms with Crippen molar-refractivity contribution in [3.8, 4) is 0 Å². The molecule has 0 radical (unpaired) electrons. The molecule has 2 aliphatic rings. The van der Waals surface area contributed by atoms with Crippen LogP contribution in [0.3, 0.4) is 0 Å². The minimum atomic E-state index is -0.585. The number of carbonyl (C=O) groups excluding carboxylic acids is 1. The summed E-state index contributed by atoms with van der Waals surface area (Å²) in [6.07, 6.45) is 3.68. The van der Waals surface area contributed by atoms with E-state index >= 15 is 0 Å². The number of rotatable bonds is 1. The Balaban J connectivity index is 2.30. The number of fused-ring (bicyclic) bond motifs is 2. The highest BCUT2D eigenvalue weighted by Crippen LogP contribution is 2.32. The Morgan fingerprint density at radius 3 is 3.36 bits per heavy atom. The summed E-state index contributed by atoms with van der Waals surface area (Å²) >= 11 is 0. The lowest BCUT2D eigenvalue weighted by Gasteiger charge is -2.24. The molecular formula is C8H10O3. The minimum Gasteiger partial charge on any atom is -0.343 e. The van der Waals surface area contributed by atoms with E-state index in [2.05, 4.69) is 0 Å². The van der Waals surface area contributed by atoms with Gasteiger partial charge in [-0.2, -0.15) is 0 Å². The molecular weight excluding hydrogens is 144 g/mol. The molecule has 0 saturated carbocycles. The zero-order chi connectivity index (χ0) is 7.90. The largest absolute Gasteiger partial charge is 0.343 e. The van der Waals surface area contributed by atoms with Gasteiger partial charge in [0.05, 0.1) is 6.61 Å². The van der Waals surface area contributed by atoms with Crippen molar-refractivity contribution in [1.82, 2.24) is 0 Å². The highest BCUT2D eigenvalue weighted by Gasteiger charge is 2.43. The minimum absolute atomic E-state index is 0.0200. The van der Waals surface area contributed by atoms with Gasteiger partial charge in [0, 0.05) is 6.42 Å². The van der Waals surface area contributed by atoms with Crippen LogP contribution in [0.25, 0.3) is 0 Å². The van der Waals surface area contributed by atoms with Crippen LogP contribution in [0.1, 0.15) is 13.3 Å². The molecule has 0 aliphatic carbocycles. The van der Waals surface area contributed by atoms with Gasteiger partial charge in [-0.3, -0.25) is 4.79 Å². The summed E-state index contributed by atoms with van der Waals surface area (Å²) in [5, 5.41) is 0. The van der Waals surface area contributed by atoms with Gasteiger partial charge in [-0.05, 0) is 12.2 Å². The van der Waals surface area contributed by atoms with E-state index in [1.54, 1.807) is 12.2 Å². The first-order chi connectivity index (χ1) is 5.26. The number of hydrogen-bond donors (Lipinski definition) is 0. The van der Waals surface area contributed by atoms with E-state index in [4.69, 9.17) is 9.47 Å². The molecule has 0 amide bonds. The Labute approximate surface area is 65.0 Å². The first-order valence-corrected chi connectivity index (χ1v) is 3.81. The molecule has 3 heteroatoms. The van der Waals surface area contributed by atoms with Crippen molar-refractivity contribution in [2.45, 2.75) is 25.2 Å². The van der Waals surface area contributed by atoms with E-state index in [0.29, 0.717) is 6.61 Å². The van der Waals surface area contributed by atoms with Gasteiger partial charge < -0.3 is 9.47 Å². The van der Waals surface area contributed by atoms with Gasteiger partial charge in [0.15, 0.2) is 11.6 Å². The predicted molar refractivity (Wildman–Crippen MR) is 38.0 cm³/mol. The third-order valence-corrected chi connectivity index (χ3v) is 2.13. The number of ketones is 1. The molecule has 2 aliphatic heterocycles. The third-order valence-electron chi connectivity index (χ3n) is 2.13. The Kier molecular flexibility index (Phi) is 1.37. The Bertz CT molecular complexity index is 221. The normalized spacial score (nSPS) is 41.5. The summed E-state index contributed by atoms with van der Waals surface area (Å²) in [6.45, 7) is 2.38. The quantitative estimate of drug-likeness (QED) is 0.556. The molecule has 0 aromatic heterocycles. The maximum atomic E-state index is 11.0. The fourth-order valence-corrected chi connectivity index (χ4v) is 1.37. The standard InChI is InChI=1S/C8H10O3/c1-2-8-4-3-6(9)7(11-8)5-10-8/h3-4,7H,2,5H2,1H3/t7-,8-/m1/s1. The van der Waals surface area contributed by atoms with Crippen LogP contribution in [0.2, 0.25) is 0 Å². The third kappa shape index (κ3) is 0.921. The first-order valence-electron chi connectivity index (χ1n) is 3.81. The average molecular weight is 154 g/mol. The lowest BCUT2D eigenvalue weighted by Crippen LogP contribution is -2.33. The summed E-state index contributed by atoms with van der Waals surface area (Å²) < 4.78 is 10.7. The maximum absolute atomic E-state index is 11.0. The van der Waals surface area contributed by atoms with Crippen LogP contribution in [0.15, 0.2) is 12.2 Å². The number of ether oxygens (including phenoxy) is 2. The molecule has 0 unspecified atom stereocenters. The van der Waals surface area contributed by atoms with Crippen LogP contribution in [0.5, 0.6) is 0 Å². The molecule has 2 heterocycles. The predicted octanol–water partition coefficient (Wildman–Crippen LogP) is 0.647. The van der Waals surface area contributed by atoms with Crippen molar-refractivity contribution in [1.29, 1.82) is 0 Å². The van der Waals surface area contributed by atoms with Crippen molar-refractivity contribution in [3.63, 3.8) is 0 Å². The number of hydrogen-bond acceptors (Lipinski definition) is 3. The highest BCUT2D eigenvalue weighted by atomic mass is 16.7. The van der Waals surface area contributed by atoms with Gasteiger partial charge in [0.2, 0.25) is 0 Å². The van der Waals surface area contributed by atoms with E-state index in [1.165, 1.54) is 0 Å². The molecule has 2 atom stereocenters. The van der Waals surface area contributed by atoms with Crippen LogP contribution in [0, 0.1) is 0 Å². The summed E-state index contributed by atoms with van der Waals surface area (Å²) in [5.74, 6) is -0.565. The second kappa shape index (κ2) is 2.16. The lowest BCUT2D eigenvalue weighted by molar-refractivity contribution is -0.150.